The zero-order valence-corrected chi connectivity index (χ0v) is 18.2. The first-order valence-corrected chi connectivity index (χ1v) is 10.5. The lowest BCUT2D eigenvalue weighted by Gasteiger charge is -2.36. The lowest BCUT2D eigenvalue weighted by Crippen LogP contribution is -2.48. The normalized spacial score (nSPS) is 13.8. The van der Waals surface area contributed by atoms with Crippen LogP contribution in [0, 0.1) is 20.2 Å². The summed E-state index contributed by atoms with van der Waals surface area (Å²) in [4.78, 5) is 26.2. The summed E-state index contributed by atoms with van der Waals surface area (Å²) in [7, 11) is 0. The highest BCUT2D eigenvalue weighted by Crippen LogP contribution is 2.34. The van der Waals surface area contributed by atoms with Crippen molar-refractivity contribution < 1.29 is 14.3 Å². The molecule has 2 heterocycles. The summed E-state index contributed by atoms with van der Waals surface area (Å²) in [5.74, 6) is 0.752. The van der Waals surface area contributed by atoms with E-state index in [4.69, 9.17) is 28.2 Å². The van der Waals surface area contributed by atoms with Crippen LogP contribution in [0.25, 0.3) is 11.3 Å². The molecule has 1 aliphatic rings. The molecule has 1 aliphatic heterocycles. The van der Waals surface area contributed by atoms with Crippen LogP contribution in [0.5, 0.6) is 0 Å². The van der Waals surface area contributed by atoms with Crippen molar-refractivity contribution >= 4 is 45.9 Å². The van der Waals surface area contributed by atoms with E-state index >= 15 is 0 Å². The Morgan fingerprint density at radius 3 is 2.31 bits per heavy atom. The van der Waals surface area contributed by atoms with Gasteiger partial charge in [-0.1, -0.05) is 36.0 Å². The van der Waals surface area contributed by atoms with Crippen molar-refractivity contribution in [2.75, 3.05) is 31.1 Å². The summed E-state index contributed by atoms with van der Waals surface area (Å²) in [6.07, 6.45) is 0. The Hall–Kier alpha value is -3.50. The minimum atomic E-state index is -0.510. The molecule has 3 aromatic rings. The molecule has 0 N–H and O–H groups in total. The van der Waals surface area contributed by atoms with Crippen molar-refractivity contribution in [3.8, 4) is 11.3 Å². The van der Waals surface area contributed by atoms with Crippen LogP contribution in [0.4, 0.5) is 17.1 Å². The summed E-state index contributed by atoms with van der Waals surface area (Å²) >= 11 is 11.5. The second-order valence-electron chi connectivity index (χ2n) is 7.11. The molecule has 2 aromatic carbocycles. The van der Waals surface area contributed by atoms with E-state index in [1.807, 2.05) is 9.80 Å². The number of rotatable bonds is 5. The molecular formula is C21H17ClN4O5S. The van der Waals surface area contributed by atoms with Crippen molar-refractivity contribution in [1.29, 1.82) is 0 Å². The summed E-state index contributed by atoms with van der Waals surface area (Å²) in [5, 5.41) is 22.9. The van der Waals surface area contributed by atoms with Gasteiger partial charge in [0.25, 0.3) is 11.4 Å². The average Bonchev–Trinajstić information content (AvgIpc) is 3.28. The third kappa shape index (κ3) is 4.27. The van der Waals surface area contributed by atoms with Gasteiger partial charge in [0, 0.05) is 43.3 Å². The molecule has 1 aromatic heterocycles. The second kappa shape index (κ2) is 8.93. The first kappa shape index (κ1) is 21.7. The van der Waals surface area contributed by atoms with Crippen LogP contribution in [0.15, 0.2) is 59.0 Å². The fourth-order valence-electron chi connectivity index (χ4n) is 3.65. The predicted molar refractivity (Wildman–Crippen MR) is 124 cm³/mol. The Labute approximate surface area is 193 Å². The Balaban J connectivity index is 1.48. The van der Waals surface area contributed by atoms with E-state index in [1.165, 1.54) is 18.2 Å². The number of thiocarbonyl (C=S) groups is 1. The smallest absolute Gasteiger partial charge is 0.292 e. The van der Waals surface area contributed by atoms with Crippen LogP contribution in [-0.4, -0.2) is 45.9 Å². The minimum Gasteiger partial charge on any atom is -0.453 e. The van der Waals surface area contributed by atoms with E-state index in [1.54, 1.807) is 36.4 Å². The van der Waals surface area contributed by atoms with E-state index in [0.29, 0.717) is 53.9 Å². The van der Waals surface area contributed by atoms with Gasteiger partial charge in [0.1, 0.15) is 16.4 Å². The maximum absolute atomic E-state index is 11.4. The number of furan rings is 1. The van der Waals surface area contributed by atoms with Crippen molar-refractivity contribution in [3.05, 3.63) is 85.6 Å². The SMILES string of the molecule is O=[N+]([O-])c1cc(Cl)ccc1-c1ccc(C(=S)N2CCN(c3ccccc3[N+](=O)[O-])CC2)o1. The molecular weight excluding hydrogens is 456 g/mol. The van der Waals surface area contributed by atoms with Crippen molar-refractivity contribution in [1.82, 2.24) is 4.90 Å². The summed E-state index contributed by atoms with van der Waals surface area (Å²) in [6, 6.07) is 14.4. The summed E-state index contributed by atoms with van der Waals surface area (Å²) in [5.41, 5.74) is 0.819. The number of hydrogen-bond donors (Lipinski definition) is 0. The molecule has 4 rings (SSSR count). The molecule has 0 atom stereocenters. The van der Waals surface area contributed by atoms with Crippen molar-refractivity contribution in [2.45, 2.75) is 0 Å². The molecule has 0 saturated carbocycles. The summed E-state index contributed by atoms with van der Waals surface area (Å²) < 4.78 is 5.84. The van der Waals surface area contributed by atoms with Crippen LogP contribution < -0.4 is 4.90 Å². The molecule has 11 heteroatoms. The van der Waals surface area contributed by atoms with Gasteiger partial charge >= 0.3 is 0 Å². The molecule has 0 radical (unpaired) electrons. The van der Waals surface area contributed by atoms with E-state index in [2.05, 4.69) is 0 Å². The van der Waals surface area contributed by atoms with Gasteiger partial charge in [-0.3, -0.25) is 20.2 Å². The Kier molecular flexibility index (Phi) is 6.06. The largest absolute Gasteiger partial charge is 0.453 e. The van der Waals surface area contributed by atoms with Crippen LogP contribution in [0.2, 0.25) is 5.02 Å². The number of nitrogens with zero attached hydrogens (tertiary/aromatic N) is 4. The zero-order chi connectivity index (χ0) is 22.8. The number of nitro benzene ring substituents is 2. The van der Waals surface area contributed by atoms with Crippen LogP contribution in [0.1, 0.15) is 5.76 Å². The van der Waals surface area contributed by atoms with Gasteiger partial charge < -0.3 is 14.2 Å². The molecule has 0 bridgehead atoms. The first-order valence-electron chi connectivity index (χ1n) is 9.67. The third-order valence-corrected chi connectivity index (χ3v) is 5.92. The van der Waals surface area contributed by atoms with Crippen LogP contribution in [-0.2, 0) is 0 Å². The van der Waals surface area contributed by atoms with Gasteiger partial charge in [0.05, 0.1) is 15.4 Å². The zero-order valence-electron chi connectivity index (χ0n) is 16.6. The van der Waals surface area contributed by atoms with Crippen molar-refractivity contribution in [3.63, 3.8) is 0 Å². The molecule has 9 nitrogen and oxygen atoms in total. The highest BCUT2D eigenvalue weighted by Gasteiger charge is 2.26. The monoisotopic (exact) mass is 472 g/mol. The topological polar surface area (TPSA) is 106 Å². The maximum atomic E-state index is 11.4. The molecule has 1 fully saturated rings. The number of hydrogen-bond acceptors (Lipinski definition) is 7. The molecule has 0 unspecified atom stereocenters. The molecule has 1 saturated heterocycles. The van der Waals surface area contributed by atoms with E-state index in [-0.39, 0.29) is 21.3 Å². The Morgan fingerprint density at radius 1 is 0.938 bits per heavy atom. The van der Waals surface area contributed by atoms with Gasteiger partial charge in [-0.15, -0.1) is 0 Å². The molecule has 164 valence electrons. The van der Waals surface area contributed by atoms with Gasteiger partial charge in [-0.25, -0.2) is 0 Å². The highest BCUT2D eigenvalue weighted by atomic mass is 35.5. The van der Waals surface area contributed by atoms with Gasteiger partial charge in [0.15, 0.2) is 5.76 Å². The number of para-hydroxylation sites is 2. The van der Waals surface area contributed by atoms with E-state index in [9.17, 15) is 20.2 Å². The molecule has 0 amide bonds. The highest BCUT2D eigenvalue weighted by molar-refractivity contribution is 7.80. The van der Waals surface area contributed by atoms with Gasteiger partial charge in [-0.05, 0) is 30.3 Å². The van der Waals surface area contributed by atoms with Gasteiger partial charge in [0.2, 0.25) is 0 Å². The van der Waals surface area contributed by atoms with Gasteiger partial charge in [-0.2, -0.15) is 0 Å². The minimum absolute atomic E-state index is 0.0729. The quantitative estimate of drug-likeness (QED) is 0.293. The maximum Gasteiger partial charge on any atom is 0.292 e. The molecule has 32 heavy (non-hydrogen) atoms. The number of nitro groups is 2. The fourth-order valence-corrected chi connectivity index (χ4v) is 4.11. The standard InChI is InChI=1S/C21H17ClN4O5S/c22-14-5-6-15(18(13-14)26(29)30)19-7-8-20(31-19)21(32)24-11-9-23(10-12-24)16-3-1-2-4-17(16)25(27)28/h1-8,13H,9-12H2. The van der Waals surface area contributed by atoms with Crippen LogP contribution >= 0.6 is 23.8 Å². The Morgan fingerprint density at radius 2 is 1.62 bits per heavy atom. The fraction of sp³-hybridized carbons (Fsp3) is 0.190. The van der Waals surface area contributed by atoms with Crippen molar-refractivity contribution in [2.24, 2.45) is 0 Å². The summed E-state index contributed by atoms with van der Waals surface area (Å²) in [6.45, 7) is 2.23. The van der Waals surface area contributed by atoms with E-state index in [0.717, 1.165) is 0 Å². The lowest BCUT2D eigenvalue weighted by atomic mass is 10.1. The number of anilines is 1. The predicted octanol–water partition coefficient (Wildman–Crippen LogP) is 4.91. The third-order valence-electron chi connectivity index (χ3n) is 5.22. The molecule has 0 spiro atoms. The lowest BCUT2D eigenvalue weighted by molar-refractivity contribution is -0.384. The number of benzene rings is 2. The Bertz CT molecular complexity index is 1210. The average molecular weight is 473 g/mol. The molecule has 0 aliphatic carbocycles. The number of halogens is 1. The number of piperazine rings is 1. The second-order valence-corrected chi connectivity index (χ2v) is 7.93. The van der Waals surface area contributed by atoms with Crippen LogP contribution in [0.3, 0.4) is 0 Å². The van der Waals surface area contributed by atoms with E-state index < -0.39 is 4.92 Å². The first-order chi connectivity index (χ1) is 15.3.